The molecule has 0 spiro atoms. The van der Waals surface area contributed by atoms with Gasteiger partial charge in [-0.15, -0.1) is 5.10 Å². The predicted octanol–water partition coefficient (Wildman–Crippen LogP) is 4.51. The molecule has 6 rings (SSSR count). The molecule has 0 aliphatic heterocycles. The Bertz CT molecular complexity index is 1610. The van der Waals surface area contributed by atoms with Crippen LogP contribution in [0.5, 0.6) is 11.6 Å². The maximum absolute atomic E-state index is 14.8. The van der Waals surface area contributed by atoms with Crippen molar-refractivity contribution in [1.82, 2.24) is 14.6 Å². The van der Waals surface area contributed by atoms with Gasteiger partial charge in [-0.25, -0.2) is 18.3 Å². The fourth-order valence-electron chi connectivity index (χ4n) is 4.04. The van der Waals surface area contributed by atoms with E-state index in [1.54, 1.807) is 6.07 Å². The topological polar surface area (TPSA) is 127 Å². The van der Waals surface area contributed by atoms with Crippen molar-refractivity contribution >= 4 is 40.6 Å². The average molecular weight is 533 g/mol. The zero-order valence-electron chi connectivity index (χ0n) is 20.4. The molecular weight excluding hydrogens is 510 g/mol. The Morgan fingerprint density at radius 1 is 0.897 bits per heavy atom. The molecule has 2 saturated carbocycles. The maximum atomic E-state index is 14.8. The summed E-state index contributed by atoms with van der Waals surface area (Å²) in [5, 5.41) is 12.2. The lowest BCUT2D eigenvalue weighted by Crippen LogP contribution is -2.35. The Morgan fingerprint density at radius 2 is 1.59 bits per heavy atom. The number of carbonyl (C=O) groups excluding carboxylic acids is 3. The molecule has 39 heavy (non-hydrogen) atoms. The van der Waals surface area contributed by atoms with Gasteiger partial charge in [-0.1, -0.05) is 0 Å². The van der Waals surface area contributed by atoms with Crippen LogP contribution in [0.4, 0.5) is 26.0 Å². The van der Waals surface area contributed by atoms with E-state index < -0.39 is 28.9 Å². The van der Waals surface area contributed by atoms with Gasteiger partial charge >= 0.3 is 0 Å². The van der Waals surface area contributed by atoms with E-state index in [2.05, 4.69) is 26.0 Å². The van der Waals surface area contributed by atoms with Crippen molar-refractivity contribution in [2.24, 2.45) is 11.3 Å². The molecule has 0 bridgehead atoms. The lowest BCUT2D eigenvalue weighted by molar-refractivity contribution is -0.131. The van der Waals surface area contributed by atoms with Gasteiger partial charge in [-0.05, 0) is 68.1 Å². The van der Waals surface area contributed by atoms with E-state index in [-0.39, 0.29) is 29.1 Å². The van der Waals surface area contributed by atoms with Crippen LogP contribution in [0.3, 0.4) is 0 Å². The number of rotatable bonds is 8. The number of benzene rings is 2. The van der Waals surface area contributed by atoms with Crippen molar-refractivity contribution in [2.45, 2.75) is 25.7 Å². The van der Waals surface area contributed by atoms with Crippen LogP contribution >= 0.6 is 0 Å². The fourth-order valence-corrected chi connectivity index (χ4v) is 4.04. The first-order valence-electron chi connectivity index (χ1n) is 12.3. The van der Waals surface area contributed by atoms with E-state index in [0.29, 0.717) is 30.0 Å². The standard InChI is InChI=1S/C27H22F2N6O4/c28-16-3-5-17(6-4-16)30-25(37)27(11-12-27)26(38)31-18-7-8-20(19(29)13-18)39-23-10-9-22-32-21(14-35(22)34-23)33-24(36)15-1-2-15/h3-10,13-15H,1-2,11-12H2,(H,30,37)(H,31,38)(H,33,36). The van der Waals surface area contributed by atoms with Crippen LogP contribution in [-0.4, -0.2) is 32.3 Å². The van der Waals surface area contributed by atoms with Crippen LogP contribution in [0.25, 0.3) is 5.65 Å². The highest BCUT2D eigenvalue weighted by Crippen LogP contribution is 2.47. The number of hydrogen-bond donors (Lipinski definition) is 3. The molecule has 3 amide bonds. The molecule has 0 saturated heterocycles. The third-order valence-corrected chi connectivity index (χ3v) is 6.62. The van der Waals surface area contributed by atoms with Gasteiger partial charge in [0.15, 0.2) is 23.0 Å². The Balaban J connectivity index is 1.10. The average Bonchev–Trinajstić information content (AvgIpc) is 3.83. The third-order valence-electron chi connectivity index (χ3n) is 6.62. The van der Waals surface area contributed by atoms with Gasteiger partial charge in [-0.2, -0.15) is 0 Å². The molecule has 12 heteroatoms. The number of ether oxygens (including phenoxy) is 1. The van der Waals surface area contributed by atoms with Crippen LogP contribution in [0.1, 0.15) is 25.7 Å². The lowest BCUT2D eigenvalue weighted by Gasteiger charge is -2.16. The molecule has 2 fully saturated rings. The summed E-state index contributed by atoms with van der Waals surface area (Å²) >= 11 is 0. The number of imidazole rings is 1. The zero-order chi connectivity index (χ0) is 27.1. The number of halogens is 2. The quantitative estimate of drug-likeness (QED) is 0.287. The summed E-state index contributed by atoms with van der Waals surface area (Å²) in [5.41, 5.74) is -0.278. The first-order valence-corrected chi connectivity index (χ1v) is 12.3. The molecule has 2 aromatic carbocycles. The summed E-state index contributed by atoms with van der Waals surface area (Å²) in [5.74, 6) is -1.99. The summed E-state index contributed by atoms with van der Waals surface area (Å²) in [6.07, 6.45) is 3.96. The lowest BCUT2D eigenvalue weighted by atomic mass is 10.0. The van der Waals surface area contributed by atoms with Gasteiger partial charge in [0.1, 0.15) is 11.2 Å². The van der Waals surface area contributed by atoms with Crippen LogP contribution in [0.15, 0.2) is 60.8 Å². The van der Waals surface area contributed by atoms with Crippen LogP contribution in [0, 0.1) is 23.0 Å². The van der Waals surface area contributed by atoms with E-state index in [0.717, 1.165) is 18.9 Å². The number of amides is 3. The van der Waals surface area contributed by atoms with Crippen molar-refractivity contribution in [3.8, 4) is 11.6 Å². The van der Waals surface area contributed by atoms with Crippen molar-refractivity contribution in [3.63, 3.8) is 0 Å². The number of fused-ring (bicyclic) bond motifs is 1. The Labute approximate surface area is 220 Å². The highest BCUT2D eigenvalue weighted by molar-refractivity contribution is 6.16. The molecule has 10 nitrogen and oxygen atoms in total. The Morgan fingerprint density at radius 3 is 2.26 bits per heavy atom. The van der Waals surface area contributed by atoms with E-state index in [4.69, 9.17) is 4.74 Å². The number of carbonyl (C=O) groups is 3. The summed E-state index contributed by atoms with van der Waals surface area (Å²) in [6.45, 7) is 0. The van der Waals surface area contributed by atoms with Crippen molar-refractivity contribution in [2.75, 3.05) is 16.0 Å². The van der Waals surface area contributed by atoms with E-state index in [1.807, 2.05) is 0 Å². The number of nitrogens with one attached hydrogen (secondary N) is 3. The SMILES string of the molecule is O=C(Nc1cn2nc(Oc3ccc(NC(=O)C4(C(=O)Nc5ccc(F)cc5)CC4)cc3F)ccc2n1)C1CC1. The smallest absolute Gasteiger partial charge is 0.240 e. The van der Waals surface area contributed by atoms with Gasteiger partial charge in [0.25, 0.3) is 0 Å². The number of aromatic nitrogens is 3. The first-order chi connectivity index (χ1) is 18.8. The zero-order valence-corrected chi connectivity index (χ0v) is 20.4. The molecule has 2 heterocycles. The highest BCUT2D eigenvalue weighted by atomic mass is 19.1. The molecule has 2 aromatic heterocycles. The van der Waals surface area contributed by atoms with Crippen molar-refractivity contribution in [1.29, 1.82) is 0 Å². The normalized spacial score (nSPS) is 15.4. The third kappa shape index (κ3) is 5.13. The minimum absolute atomic E-state index is 0.0331. The van der Waals surface area contributed by atoms with E-state index in [9.17, 15) is 23.2 Å². The first kappa shape index (κ1) is 24.5. The number of hydrogen-bond acceptors (Lipinski definition) is 6. The minimum Gasteiger partial charge on any atom is -0.434 e. The van der Waals surface area contributed by atoms with Gasteiger partial charge in [0.2, 0.25) is 23.6 Å². The predicted molar refractivity (Wildman–Crippen MR) is 136 cm³/mol. The second-order valence-corrected chi connectivity index (χ2v) is 9.61. The van der Waals surface area contributed by atoms with E-state index >= 15 is 0 Å². The summed E-state index contributed by atoms with van der Waals surface area (Å²) in [4.78, 5) is 41.8. The van der Waals surface area contributed by atoms with Crippen LogP contribution in [-0.2, 0) is 14.4 Å². The molecular formula is C27H22F2N6O4. The van der Waals surface area contributed by atoms with Gasteiger partial charge in [0.05, 0.1) is 6.20 Å². The van der Waals surface area contributed by atoms with Crippen LogP contribution < -0.4 is 20.7 Å². The Kier molecular flexibility index (Phi) is 5.93. The number of anilines is 3. The highest BCUT2D eigenvalue weighted by Gasteiger charge is 2.56. The van der Waals surface area contributed by atoms with Gasteiger partial charge < -0.3 is 20.7 Å². The monoisotopic (exact) mass is 532 g/mol. The summed E-state index contributed by atoms with van der Waals surface area (Å²) < 4.78 is 34.9. The van der Waals surface area contributed by atoms with Gasteiger partial charge in [-0.3, -0.25) is 14.4 Å². The summed E-state index contributed by atoms with van der Waals surface area (Å²) in [6, 6.07) is 12.2. The molecule has 2 aliphatic carbocycles. The second-order valence-electron chi connectivity index (χ2n) is 9.61. The molecule has 4 aromatic rings. The number of nitrogens with zero attached hydrogens (tertiary/aromatic N) is 3. The largest absolute Gasteiger partial charge is 0.434 e. The van der Waals surface area contributed by atoms with E-state index in [1.165, 1.54) is 53.2 Å². The molecule has 0 unspecified atom stereocenters. The maximum Gasteiger partial charge on any atom is 0.240 e. The molecule has 198 valence electrons. The second kappa shape index (κ2) is 9.46. The molecule has 0 radical (unpaired) electrons. The van der Waals surface area contributed by atoms with Crippen molar-refractivity contribution in [3.05, 3.63) is 72.4 Å². The Hall–Kier alpha value is -4.87. The molecule has 3 N–H and O–H groups in total. The van der Waals surface area contributed by atoms with Crippen molar-refractivity contribution < 1.29 is 27.9 Å². The fraction of sp³-hybridized carbons (Fsp3) is 0.222. The van der Waals surface area contributed by atoms with Crippen LogP contribution in [0.2, 0.25) is 0 Å². The summed E-state index contributed by atoms with van der Waals surface area (Å²) in [7, 11) is 0. The molecule has 0 atom stereocenters. The molecule has 2 aliphatic rings. The minimum atomic E-state index is -1.28. The van der Waals surface area contributed by atoms with Gasteiger partial charge in [0, 0.05) is 29.4 Å².